The number of nitrogens with zero attached hydrogens (tertiary/aromatic N) is 2. The van der Waals surface area contributed by atoms with E-state index < -0.39 is 11.7 Å². The molecule has 0 unspecified atom stereocenters. The zero-order valence-electron chi connectivity index (χ0n) is 10.7. The first kappa shape index (κ1) is 15.2. The van der Waals surface area contributed by atoms with E-state index in [1.165, 1.54) is 25.1 Å². The highest BCUT2D eigenvalue weighted by molar-refractivity contribution is 6.32. The van der Waals surface area contributed by atoms with E-state index in [1.54, 1.807) is 0 Å². The van der Waals surface area contributed by atoms with E-state index in [0.717, 1.165) is 6.07 Å². The highest BCUT2D eigenvalue weighted by Crippen LogP contribution is 2.36. The van der Waals surface area contributed by atoms with Crippen molar-refractivity contribution in [1.29, 1.82) is 0 Å². The molecule has 0 spiro atoms. The number of hydrogen-bond acceptors (Lipinski definition) is 4. The second-order valence-electron chi connectivity index (χ2n) is 4.11. The van der Waals surface area contributed by atoms with Gasteiger partial charge in [-0.1, -0.05) is 23.7 Å². The van der Waals surface area contributed by atoms with E-state index in [9.17, 15) is 18.0 Å². The summed E-state index contributed by atoms with van der Waals surface area (Å²) in [7, 11) is 0. The molecule has 2 aromatic rings. The smallest absolute Gasteiger partial charge is 0.339 e. The number of nitrogens with one attached hydrogen (secondary N) is 1. The van der Waals surface area contributed by atoms with E-state index >= 15 is 0 Å². The molecule has 0 aliphatic rings. The molecule has 0 saturated heterocycles. The van der Waals surface area contributed by atoms with Gasteiger partial charge in [0.2, 0.25) is 0 Å². The van der Waals surface area contributed by atoms with Crippen LogP contribution in [0.15, 0.2) is 24.3 Å². The molecule has 2 rings (SSSR count). The fourth-order valence-corrected chi connectivity index (χ4v) is 1.97. The lowest BCUT2D eigenvalue weighted by Gasteiger charge is -2.15. The quantitative estimate of drug-likeness (QED) is 0.686. The van der Waals surface area contributed by atoms with Gasteiger partial charge in [0.15, 0.2) is 6.29 Å². The summed E-state index contributed by atoms with van der Waals surface area (Å²) < 4.78 is 38.8. The van der Waals surface area contributed by atoms with Crippen LogP contribution in [-0.4, -0.2) is 16.3 Å². The number of aromatic nitrogens is 2. The lowest BCUT2D eigenvalue weighted by atomic mass is 10.1. The molecule has 0 aliphatic carbocycles. The number of alkyl halides is 3. The fourth-order valence-electron chi connectivity index (χ4n) is 1.71. The van der Waals surface area contributed by atoms with Gasteiger partial charge in [0, 0.05) is 0 Å². The Hall–Kier alpha value is -2.15. The topological polar surface area (TPSA) is 54.9 Å². The largest absolute Gasteiger partial charge is 0.418 e. The molecular weight excluding hydrogens is 307 g/mol. The second-order valence-corrected chi connectivity index (χ2v) is 4.47. The SMILES string of the molecule is Cc1nc(Cl)c(C=O)c(Nc2ccccc2C(F)(F)F)n1. The number of aryl methyl sites for hydroxylation is 1. The van der Waals surface area contributed by atoms with Gasteiger partial charge in [0.1, 0.15) is 16.8 Å². The van der Waals surface area contributed by atoms with Crippen molar-refractivity contribution in [2.45, 2.75) is 13.1 Å². The predicted octanol–water partition coefficient (Wildman–Crippen LogP) is 4.01. The van der Waals surface area contributed by atoms with Crippen molar-refractivity contribution in [2.24, 2.45) is 0 Å². The molecule has 0 saturated carbocycles. The van der Waals surface area contributed by atoms with Crippen LogP contribution >= 0.6 is 11.6 Å². The molecule has 4 nitrogen and oxygen atoms in total. The first-order chi connectivity index (χ1) is 9.82. The Balaban J connectivity index is 2.51. The lowest BCUT2D eigenvalue weighted by molar-refractivity contribution is -0.136. The summed E-state index contributed by atoms with van der Waals surface area (Å²) >= 11 is 5.79. The highest BCUT2D eigenvalue weighted by atomic mass is 35.5. The van der Waals surface area contributed by atoms with Crippen molar-refractivity contribution in [2.75, 3.05) is 5.32 Å². The number of hydrogen-bond donors (Lipinski definition) is 1. The van der Waals surface area contributed by atoms with Crippen LogP contribution in [0, 0.1) is 6.92 Å². The van der Waals surface area contributed by atoms with Crippen LogP contribution in [0.4, 0.5) is 24.7 Å². The van der Waals surface area contributed by atoms with Gasteiger partial charge in [-0.25, -0.2) is 9.97 Å². The van der Waals surface area contributed by atoms with Gasteiger partial charge in [0.05, 0.1) is 16.8 Å². The average Bonchev–Trinajstić information content (AvgIpc) is 2.37. The van der Waals surface area contributed by atoms with Crippen molar-refractivity contribution < 1.29 is 18.0 Å². The molecule has 1 N–H and O–H groups in total. The monoisotopic (exact) mass is 315 g/mol. The normalized spacial score (nSPS) is 11.3. The van der Waals surface area contributed by atoms with Crippen molar-refractivity contribution in [3.8, 4) is 0 Å². The van der Waals surface area contributed by atoms with Crippen LogP contribution in [-0.2, 0) is 6.18 Å². The van der Waals surface area contributed by atoms with Crippen LogP contribution in [0.25, 0.3) is 0 Å². The molecule has 0 amide bonds. The van der Waals surface area contributed by atoms with Gasteiger partial charge in [-0.2, -0.15) is 13.2 Å². The van der Waals surface area contributed by atoms with Gasteiger partial charge in [-0.05, 0) is 19.1 Å². The maximum absolute atomic E-state index is 12.9. The van der Waals surface area contributed by atoms with E-state index in [0.29, 0.717) is 6.29 Å². The van der Waals surface area contributed by atoms with Gasteiger partial charge >= 0.3 is 6.18 Å². The van der Waals surface area contributed by atoms with Crippen LogP contribution in [0.1, 0.15) is 21.7 Å². The molecule has 8 heteroatoms. The van der Waals surface area contributed by atoms with E-state index in [4.69, 9.17) is 11.6 Å². The van der Waals surface area contributed by atoms with Crippen molar-refractivity contribution in [1.82, 2.24) is 9.97 Å². The van der Waals surface area contributed by atoms with Gasteiger partial charge in [-0.3, -0.25) is 4.79 Å². The number of rotatable bonds is 3. The second kappa shape index (κ2) is 5.69. The molecule has 1 heterocycles. The first-order valence-electron chi connectivity index (χ1n) is 5.75. The summed E-state index contributed by atoms with van der Waals surface area (Å²) in [6, 6.07) is 4.88. The lowest BCUT2D eigenvalue weighted by Crippen LogP contribution is -2.10. The molecule has 1 aromatic carbocycles. The molecular formula is C13H9ClF3N3O. The van der Waals surface area contributed by atoms with Crippen LogP contribution < -0.4 is 5.32 Å². The summed E-state index contributed by atoms with van der Waals surface area (Å²) in [5, 5.41) is 2.37. The maximum Gasteiger partial charge on any atom is 0.418 e. The summed E-state index contributed by atoms with van der Waals surface area (Å²) in [6.07, 6.45) is -4.14. The van der Waals surface area contributed by atoms with Crippen molar-refractivity contribution in [3.05, 3.63) is 46.4 Å². The number of carbonyl (C=O) groups is 1. The zero-order chi connectivity index (χ0) is 15.6. The number of anilines is 2. The van der Waals surface area contributed by atoms with E-state index in [-0.39, 0.29) is 28.0 Å². The van der Waals surface area contributed by atoms with Crippen LogP contribution in [0.3, 0.4) is 0 Å². The molecule has 0 radical (unpaired) electrons. The maximum atomic E-state index is 12.9. The molecule has 0 bridgehead atoms. The fraction of sp³-hybridized carbons (Fsp3) is 0.154. The minimum absolute atomic E-state index is 0.0702. The van der Waals surface area contributed by atoms with E-state index in [2.05, 4.69) is 15.3 Å². The van der Waals surface area contributed by atoms with Crippen molar-refractivity contribution >= 4 is 29.4 Å². The Morgan fingerprint density at radius 3 is 2.52 bits per heavy atom. The van der Waals surface area contributed by atoms with Crippen LogP contribution in [0.5, 0.6) is 0 Å². The summed E-state index contributed by atoms with van der Waals surface area (Å²) in [5.41, 5.74) is -1.18. The van der Waals surface area contributed by atoms with Gasteiger partial charge in [-0.15, -0.1) is 0 Å². The van der Waals surface area contributed by atoms with Gasteiger partial charge < -0.3 is 5.32 Å². The minimum Gasteiger partial charge on any atom is -0.339 e. The molecule has 0 atom stereocenters. The Labute approximate surface area is 123 Å². The first-order valence-corrected chi connectivity index (χ1v) is 6.13. The number of carbonyl (C=O) groups excluding carboxylic acids is 1. The van der Waals surface area contributed by atoms with Gasteiger partial charge in [0.25, 0.3) is 0 Å². The van der Waals surface area contributed by atoms with Crippen LogP contribution in [0.2, 0.25) is 5.15 Å². The number of halogens is 4. The highest BCUT2D eigenvalue weighted by Gasteiger charge is 2.33. The molecule has 0 aliphatic heterocycles. The zero-order valence-corrected chi connectivity index (χ0v) is 11.5. The standard InChI is InChI=1S/C13H9ClF3N3O/c1-7-18-11(14)8(6-21)12(19-7)20-10-5-3-2-4-9(10)13(15,16)17/h2-6H,1H3,(H,18,19,20). The van der Waals surface area contributed by atoms with E-state index in [1.807, 2.05) is 0 Å². The molecule has 1 aromatic heterocycles. The molecule has 0 fully saturated rings. The third-order valence-electron chi connectivity index (χ3n) is 2.61. The minimum atomic E-state index is -4.53. The summed E-state index contributed by atoms with van der Waals surface area (Å²) in [4.78, 5) is 18.7. The Bertz CT molecular complexity index is 689. The third-order valence-corrected chi connectivity index (χ3v) is 2.90. The third kappa shape index (κ3) is 3.30. The average molecular weight is 316 g/mol. The Kier molecular flexibility index (Phi) is 4.13. The summed E-state index contributed by atoms with van der Waals surface area (Å²) in [6.45, 7) is 1.52. The van der Waals surface area contributed by atoms with Crippen molar-refractivity contribution in [3.63, 3.8) is 0 Å². The summed E-state index contributed by atoms with van der Waals surface area (Å²) in [5.74, 6) is 0.164. The molecule has 110 valence electrons. The number of aldehydes is 1. The molecule has 21 heavy (non-hydrogen) atoms. The Morgan fingerprint density at radius 1 is 1.24 bits per heavy atom. The Morgan fingerprint density at radius 2 is 1.90 bits per heavy atom. The number of para-hydroxylation sites is 1. The predicted molar refractivity (Wildman–Crippen MR) is 71.9 cm³/mol. The number of benzene rings is 1.